The fraction of sp³-hybridized carbons (Fsp3) is 0.261. The number of anilines is 1. The van der Waals surface area contributed by atoms with Gasteiger partial charge in [-0.1, -0.05) is 30.3 Å². The highest BCUT2D eigenvalue weighted by molar-refractivity contribution is 7.19. The van der Waals surface area contributed by atoms with E-state index in [4.69, 9.17) is 5.26 Å². The Hall–Kier alpha value is -3.41. The highest BCUT2D eigenvalue weighted by atomic mass is 32.1. The van der Waals surface area contributed by atoms with Crippen LogP contribution in [0.2, 0.25) is 0 Å². The Morgan fingerprint density at radius 1 is 1.23 bits per heavy atom. The number of nitrogens with one attached hydrogen (secondary N) is 3. The third-order valence-electron chi connectivity index (χ3n) is 5.97. The number of hydrogen-bond donors (Lipinski definition) is 4. The fourth-order valence-corrected chi connectivity index (χ4v) is 5.10. The molecule has 1 fully saturated rings. The highest BCUT2D eigenvalue weighted by Gasteiger charge is 2.35. The van der Waals surface area contributed by atoms with Gasteiger partial charge in [0.05, 0.1) is 16.8 Å². The summed E-state index contributed by atoms with van der Waals surface area (Å²) in [6.07, 6.45) is 4.50. The lowest BCUT2D eigenvalue weighted by Gasteiger charge is -2.37. The number of aliphatic hydroxyl groups is 1. The molecule has 4 N–H and O–H groups in total. The summed E-state index contributed by atoms with van der Waals surface area (Å²) in [5, 5.41) is 23.6. The highest BCUT2D eigenvalue weighted by Crippen LogP contribution is 2.38. The van der Waals surface area contributed by atoms with Gasteiger partial charge in [-0.3, -0.25) is 4.79 Å². The maximum atomic E-state index is 12.6. The van der Waals surface area contributed by atoms with E-state index in [1.54, 1.807) is 12.3 Å². The van der Waals surface area contributed by atoms with Gasteiger partial charge in [0.15, 0.2) is 0 Å². The molecule has 31 heavy (non-hydrogen) atoms. The number of nitriles is 1. The minimum absolute atomic E-state index is 0.144. The molecule has 0 spiro atoms. The number of imidazole rings is 1. The number of hydrogen-bond acceptors (Lipinski definition) is 6. The largest absolute Gasteiger partial charge is 0.385 e. The van der Waals surface area contributed by atoms with Gasteiger partial charge < -0.3 is 20.4 Å². The quantitative estimate of drug-likeness (QED) is 0.388. The molecule has 0 amide bonds. The van der Waals surface area contributed by atoms with E-state index in [1.807, 2.05) is 36.4 Å². The molecule has 3 aromatic heterocycles. The van der Waals surface area contributed by atoms with Crippen LogP contribution in [0.1, 0.15) is 36.1 Å². The molecule has 0 atom stereocenters. The Balaban J connectivity index is 1.38. The molecule has 0 radical (unpaired) electrons. The Morgan fingerprint density at radius 2 is 2.00 bits per heavy atom. The van der Waals surface area contributed by atoms with E-state index in [0.717, 1.165) is 23.9 Å². The molecule has 1 aliphatic carbocycles. The fourth-order valence-electron chi connectivity index (χ4n) is 4.32. The summed E-state index contributed by atoms with van der Waals surface area (Å²) in [6.45, 7) is 0. The number of fused-ring (bicyclic) bond motifs is 1. The van der Waals surface area contributed by atoms with Gasteiger partial charge in [0.25, 0.3) is 5.56 Å². The third kappa shape index (κ3) is 3.63. The molecular weight excluding hydrogens is 410 g/mol. The SMILES string of the molecule is N#Cc1cc2[nH]c(-c3c(NC4CCC(O)(c5ccccc5)CC4)cc[nH]c3=O)nc2s1. The van der Waals surface area contributed by atoms with E-state index in [9.17, 15) is 9.90 Å². The van der Waals surface area contributed by atoms with Crippen molar-refractivity contribution in [1.82, 2.24) is 15.0 Å². The van der Waals surface area contributed by atoms with E-state index >= 15 is 0 Å². The van der Waals surface area contributed by atoms with Crippen LogP contribution in [-0.4, -0.2) is 26.1 Å². The zero-order valence-electron chi connectivity index (χ0n) is 16.7. The average molecular weight is 432 g/mol. The summed E-state index contributed by atoms with van der Waals surface area (Å²) in [6, 6.07) is 15.6. The van der Waals surface area contributed by atoms with Crippen molar-refractivity contribution in [3.8, 4) is 17.5 Å². The lowest BCUT2D eigenvalue weighted by atomic mass is 9.77. The molecule has 5 rings (SSSR count). The minimum atomic E-state index is -0.805. The van der Waals surface area contributed by atoms with Crippen molar-refractivity contribution in [2.75, 3.05) is 5.32 Å². The van der Waals surface area contributed by atoms with Crippen LogP contribution in [0, 0.1) is 11.3 Å². The molecule has 1 aliphatic rings. The van der Waals surface area contributed by atoms with E-state index in [1.165, 1.54) is 11.3 Å². The van der Waals surface area contributed by atoms with Crippen LogP contribution in [-0.2, 0) is 5.60 Å². The Morgan fingerprint density at radius 3 is 2.71 bits per heavy atom. The lowest BCUT2D eigenvalue weighted by molar-refractivity contribution is -0.00330. The summed E-state index contributed by atoms with van der Waals surface area (Å²) < 4.78 is 0. The molecule has 0 saturated heterocycles. The monoisotopic (exact) mass is 431 g/mol. The van der Waals surface area contributed by atoms with Crippen molar-refractivity contribution in [3.63, 3.8) is 0 Å². The second-order valence-electron chi connectivity index (χ2n) is 7.94. The van der Waals surface area contributed by atoms with E-state index in [-0.39, 0.29) is 11.6 Å². The third-order valence-corrected chi connectivity index (χ3v) is 6.90. The van der Waals surface area contributed by atoms with Crippen LogP contribution in [0.3, 0.4) is 0 Å². The maximum absolute atomic E-state index is 12.6. The topological polar surface area (TPSA) is 118 Å². The summed E-state index contributed by atoms with van der Waals surface area (Å²) in [5.41, 5.74) is 1.83. The van der Waals surface area contributed by atoms with Crippen molar-refractivity contribution in [2.45, 2.75) is 37.3 Å². The first-order valence-corrected chi connectivity index (χ1v) is 11.0. The van der Waals surface area contributed by atoms with E-state index in [2.05, 4.69) is 26.3 Å². The smallest absolute Gasteiger partial charge is 0.261 e. The van der Waals surface area contributed by atoms with Crippen molar-refractivity contribution >= 4 is 27.4 Å². The number of H-pyrrole nitrogens is 2. The molecule has 1 saturated carbocycles. The van der Waals surface area contributed by atoms with Gasteiger partial charge in [-0.15, -0.1) is 11.3 Å². The van der Waals surface area contributed by atoms with Crippen LogP contribution < -0.4 is 10.9 Å². The Bertz CT molecular complexity index is 1290. The predicted molar refractivity (Wildman–Crippen MR) is 121 cm³/mol. The number of nitrogens with zero attached hydrogens (tertiary/aromatic N) is 2. The molecule has 156 valence electrons. The first-order valence-electron chi connectivity index (χ1n) is 10.2. The first-order chi connectivity index (χ1) is 15.1. The summed E-state index contributed by atoms with van der Waals surface area (Å²) in [7, 11) is 0. The summed E-state index contributed by atoms with van der Waals surface area (Å²) in [5.74, 6) is 0.478. The van der Waals surface area contributed by atoms with Crippen LogP contribution in [0.4, 0.5) is 5.69 Å². The van der Waals surface area contributed by atoms with Crippen molar-refractivity contribution in [2.24, 2.45) is 0 Å². The number of aromatic nitrogens is 3. The Labute approximate surface area is 182 Å². The first kappa shape index (κ1) is 19.5. The van der Waals surface area contributed by atoms with Gasteiger partial charge in [0.1, 0.15) is 27.2 Å². The summed E-state index contributed by atoms with van der Waals surface area (Å²) >= 11 is 1.29. The van der Waals surface area contributed by atoms with Crippen LogP contribution in [0.25, 0.3) is 21.7 Å². The van der Waals surface area contributed by atoms with Gasteiger partial charge in [0.2, 0.25) is 0 Å². The second kappa shape index (κ2) is 7.69. The number of thiophene rings is 1. The van der Waals surface area contributed by atoms with E-state index in [0.29, 0.717) is 39.6 Å². The summed E-state index contributed by atoms with van der Waals surface area (Å²) in [4.78, 5) is 24.4. The van der Waals surface area contributed by atoms with Gasteiger partial charge in [-0.25, -0.2) is 4.98 Å². The molecule has 1 aromatic carbocycles. The molecule has 0 bridgehead atoms. The molecule has 7 nitrogen and oxygen atoms in total. The molecule has 3 heterocycles. The predicted octanol–water partition coefficient (Wildman–Crippen LogP) is 4.09. The number of pyridine rings is 1. The molecular formula is C23H21N5O2S. The zero-order chi connectivity index (χ0) is 21.4. The van der Waals surface area contributed by atoms with Gasteiger partial charge in [-0.2, -0.15) is 5.26 Å². The second-order valence-corrected chi connectivity index (χ2v) is 8.97. The van der Waals surface area contributed by atoms with Gasteiger partial charge in [0, 0.05) is 12.2 Å². The lowest BCUT2D eigenvalue weighted by Crippen LogP contribution is -2.36. The number of rotatable bonds is 4. The normalized spacial score (nSPS) is 21.1. The van der Waals surface area contributed by atoms with Gasteiger partial charge in [-0.05, 0) is 43.4 Å². The van der Waals surface area contributed by atoms with Crippen LogP contribution in [0.15, 0.2) is 53.5 Å². The molecule has 4 aromatic rings. The molecule has 8 heteroatoms. The van der Waals surface area contributed by atoms with E-state index < -0.39 is 5.60 Å². The van der Waals surface area contributed by atoms with Crippen molar-refractivity contribution in [3.05, 3.63) is 69.5 Å². The van der Waals surface area contributed by atoms with Crippen molar-refractivity contribution in [1.29, 1.82) is 5.26 Å². The average Bonchev–Trinajstić information content (AvgIpc) is 3.35. The Kier molecular flexibility index (Phi) is 4.85. The van der Waals surface area contributed by atoms with Crippen molar-refractivity contribution < 1.29 is 5.11 Å². The number of aromatic amines is 2. The van der Waals surface area contributed by atoms with Crippen LogP contribution >= 0.6 is 11.3 Å². The minimum Gasteiger partial charge on any atom is -0.385 e. The number of benzene rings is 1. The van der Waals surface area contributed by atoms with Gasteiger partial charge >= 0.3 is 0 Å². The molecule has 0 unspecified atom stereocenters. The maximum Gasteiger partial charge on any atom is 0.261 e. The molecule has 0 aliphatic heterocycles. The van der Waals surface area contributed by atoms with Crippen LogP contribution in [0.5, 0.6) is 0 Å². The zero-order valence-corrected chi connectivity index (χ0v) is 17.5. The standard InChI is InChI=1S/C23H21N5O2S/c24-13-16-12-18-22(31-16)28-20(27-18)19-17(8-11-25-21(19)29)26-15-6-9-23(30,10-7-15)14-4-2-1-3-5-14/h1-5,8,11-12,15,30H,6-7,9-10H2,(H,27,28)(H2,25,26,29).